The van der Waals surface area contributed by atoms with Crippen molar-refractivity contribution in [3.05, 3.63) is 80.2 Å². The fraction of sp³-hybridized carbons (Fsp3) is 0.0625. The van der Waals surface area contributed by atoms with E-state index in [1.54, 1.807) is 22.7 Å². The summed E-state index contributed by atoms with van der Waals surface area (Å²) >= 11 is 3.22. The molecule has 0 saturated heterocycles. The predicted octanol–water partition coefficient (Wildman–Crippen LogP) is 4.27. The largest absolute Gasteiger partial charge is 0.439 e. The maximum absolute atomic E-state index is 12.3. The van der Waals surface area contributed by atoms with Crippen LogP contribution >= 0.6 is 22.7 Å². The van der Waals surface area contributed by atoms with Gasteiger partial charge in [-0.2, -0.15) is 0 Å². The number of hydrogen-bond donors (Lipinski definition) is 0. The number of carbonyl (C=O) groups is 1. The van der Waals surface area contributed by atoms with E-state index < -0.39 is 5.60 Å². The molecule has 4 rings (SSSR count). The van der Waals surface area contributed by atoms with Crippen molar-refractivity contribution in [1.29, 1.82) is 0 Å². The van der Waals surface area contributed by atoms with Crippen molar-refractivity contribution in [2.45, 2.75) is 5.60 Å². The molecule has 0 radical (unpaired) electrons. The summed E-state index contributed by atoms with van der Waals surface area (Å²) in [5.41, 5.74) is 0.833. The van der Waals surface area contributed by atoms with Gasteiger partial charge in [0.25, 0.3) is 0 Å². The van der Waals surface area contributed by atoms with Gasteiger partial charge in [0.2, 0.25) is 5.60 Å². The van der Waals surface area contributed by atoms with Gasteiger partial charge in [0, 0.05) is 5.56 Å². The zero-order chi connectivity index (χ0) is 13.6. The Morgan fingerprint density at radius 2 is 1.50 bits per heavy atom. The lowest BCUT2D eigenvalue weighted by molar-refractivity contribution is 0.0272. The van der Waals surface area contributed by atoms with Crippen LogP contribution in [0.5, 0.6) is 0 Å². The Hall–Kier alpha value is -1.91. The van der Waals surface area contributed by atoms with Crippen molar-refractivity contribution in [3.8, 4) is 0 Å². The van der Waals surface area contributed by atoms with Gasteiger partial charge in [-0.1, -0.05) is 30.3 Å². The number of thiophene rings is 2. The number of fused-ring (bicyclic) bond motifs is 1. The molecular weight excluding hydrogens is 288 g/mol. The number of hydrogen-bond acceptors (Lipinski definition) is 4. The highest BCUT2D eigenvalue weighted by molar-refractivity contribution is 7.11. The third-order valence-electron chi connectivity index (χ3n) is 3.51. The Labute approximate surface area is 124 Å². The lowest BCUT2D eigenvalue weighted by atomic mass is 9.89. The molecule has 2 aromatic heterocycles. The molecule has 20 heavy (non-hydrogen) atoms. The van der Waals surface area contributed by atoms with Gasteiger partial charge in [0.15, 0.2) is 0 Å². The standard InChI is InChI=1S/C16H10O2S2/c17-15-11-5-1-2-6-12(11)16(18-15,13-7-3-9-19-13)14-8-4-10-20-14/h1-10H. The van der Waals surface area contributed by atoms with Crippen molar-refractivity contribution in [2.75, 3.05) is 0 Å². The minimum atomic E-state index is -0.768. The summed E-state index contributed by atoms with van der Waals surface area (Å²) in [6, 6.07) is 15.7. The van der Waals surface area contributed by atoms with Crippen LogP contribution in [0.3, 0.4) is 0 Å². The Balaban J connectivity index is 2.07. The molecule has 3 aromatic rings. The maximum Gasteiger partial charge on any atom is 0.340 e. The van der Waals surface area contributed by atoms with Gasteiger partial charge in [0.1, 0.15) is 0 Å². The zero-order valence-electron chi connectivity index (χ0n) is 10.4. The maximum atomic E-state index is 12.3. The van der Waals surface area contributed by atoms with E-state index in [2.05, 4.69) is 0 Å². The average Bonchev–Trinajstić information content (AvgIpc) is 3.20. The lowest BCUT2D eigenvalue weighted by Gasteiger charge is -2.26. The molecule has 1 aliphatic rings. The molecule has 1 aliphatic heterocycles. The van der Waals surface area contributed by atoms with Crippen molar-refractivity contribution < 1.29 is 9.53 Å². The molecule has 4 heteroatoms. The molecule has 0 unspecified atom stereocenters. The van der Waals surface area contributed by atoms with Gasteiger partial charge in [-0.15, -0.1) is 22.7 Å². The second-order valence-corrected chi connectivity index (χ2v) is 6.47. The van der Waals surface area contributed by atoms with E-state index in [0.717, 1.165) is 15.3 Å². The molecule has 3 heterocycles. The molecule has 0 bridgehead atoms. The van der Waals surface area contributed by atoms with Gasteiger partial charge >= 0.3 is 5.97 Å². The molecule has 0 saturated carbocycles. The van der Waals surface area contributed by atoms with E-state index in [9.17, 15) is 4.79 Å². The van der Waals surface area contributed by atoms with Crippen molar-refractivity contribution >= 4 is 28.6 Å². The quantitative estimate of drug-likeness (QED) is 0.660. The minimum Gasteiger partial charge on any atom is -0.439 e. The van der Waals surface area contributed by atoms with Crippen LogP contribution < -0.4 is 0 Å². The van der Waals surface area contributed by atoms with Crippen LogP contribution in [0, 0.1) is 0 Å². The molecule has 1 aromatic carbocycles. The summed E-state index contributed by atoms with van der Waals surface area (Å²) < 4.78 is 5.89. The molecule has 0 spiro atoms. The Bertz CT molecular complexity index is 723. The summed E-state index contributed by atoms with van der Waals surface area (Å²) in [5.74, 6) is -0.248. The summed E-state index contributed by atoms with van der Waals surface area (Å²) in [6.07, 6.45) is 0. The van der Waals surface area contributed by atoms with Crippen LogP contribution in [0.25, 0.3) is 0 Å². The normalized spacial score (nSPS) is 15.9. The van der Waals surface area contributed by atoms with Crippen molar-refractivity contribution in [1.82, 2.24) is 0 Å². The van der Waals surface area contributed by atoms with Crippen LogP contribution in [-0.2, 0) is 10.3 Å². The second-order valence-electron chi connectivity index (χ2n) is 4.57. The molecule has 0 atom stereocenters. The van der Waals surface area contributed by atoms with Crippen LogP contribution in [0.4, 0.5) is 0 Å². The smallest absolute Gasteiger partial charge is 0.340 e. The summed E-state index contributed by atoms with van der Waals surface area (Å²) in [7, 11) is 0. The number of rotatable bonds is 2. The van der Waals surface area contributed by atoms with E-state index in [-0.39, 0.29) is 5.97 Å². The first-order valence-electron chi connectivity index (χ1n) is 6.23. The van der Waals surface area contributed by atoms with Crippen LogP contribution in [-0.4, -0.2) is 5.97 Å². The highest BCUT2D eigenvalue weighted by Gasteiger charge is 2.49. The van der Waals surface area contributed by atoms with Crippen LogP contribution in [0.1, 0.15) is 25.7 Å². The number of benzene rings is 1. The van der Waals surface area contributed by atoms with Gasteiger partial charge in [-0.25, -0.2) is 4.79 Å². The Kier molecular flexibility index (Phi) is 2.55. The fourth-order valence-corrected chi connectivity index (χ4v) is 4.50. The Morgan fingerprint density at radius 3 is 2.10 bits per heavy atom. The van der Waals surface area contributed by atoms with E-state index in [1.807, 2.05) is 59.3 Å². The highest BCUT2D eigenvalue weighted by atomic mass is 32.1. The fourth-order valence-electron chi connectivity index (χ4n) is 2.66. The number of carbonyl (C=O) groups excluding carboxylic acids is 1. The first-order valence-corrected chi connectivity index (χ1v) is 7.99. The minimum absolute atomic E-state index is 0.248. The molecule has 98 valence electrons. The second kappa shape index (κ2) is 4.30. The molecule has 0 N–H and O–H groups in total. The SMILES string of the molecule is O=C1OC(c2cccs2)(c2cccs2)c2ccccc21. The summed E-state index contributed by atoms with van der Waals surface area (Å²) in [4.78, 5) is 14.3. The lowest BCUT2D eigenvalue weighted by Crippen LogP contribution is -2.27. The molecule has 0 aliphatic carbocycles. The monoisotopic (exact) mass is 298 g/mol. The van der Waals surface area contributed by atoms with E-state index >= 15 is 0 Å². The van der Waals surface area contributed by atoms with Gasteiger partial charge in [0.05, 0.1) is 15.3 Å². The van der Waals surface area contributed by atoms with E-state index in [1.165, 1.54) is 0 Å². The van der Waals surface area contributed by atoms with Crippen LogP contribution in [0.2, 0.25) is 0 Å². The summed E-state index contributed by atoms with van der Waals surface area (Å²) in [6.45, 7) is 0. The third kappa shape index (κ3) is 1.46. The highest BCUT2D eigenvalue weighted by Crippen LogP contribution is 2.49. The first-order chi connectivity index (χ1) is 9.82. The van der Waals surface area contributed by atoms with Gasteiger partial charge in [-0.05, 0) is 29.0 Å². The summed E-state index contributed by atoms with van der Waals surface area (Å²) in [5, 5.41) is 4.03. The van der Waals surface area contributed by atoms with E-state index in [4.69, 9.17) is 4.74 Å². The molecule has 2 nitrogen and oxygen atoms in total. The van der Waals surface area contributed by atoms with Crippen LogP contribution in [0.15, 0.2) is 59.3 Å². The third-order valence-corrected chi connectivity index (χ3v) is 5.45. The first kappa shape index (κ1) is 11.9. The topological polar surface area (TPSA) is 26.3 Å². The number of cyclic esters (lactones) is 1. The number of ether oxygens (including phenoxy) is 1. The average molecular weight is 298 g/mol. The molecular formula is C16H10O2S2. The molecule has 0 fully saturated rings. The van der Waals surface area contributed by atoms with Gasteiger partial charge in [-0.3, -0.25) is 0 Å². The molecule has 0 amide bonds. The van der Waals surface area contributed by atoms with Crippen molar-refractivity contribution in [2.24, 2.45) is 0 Å². The van der Waals surface area contributed by atoms with Crippen molar-refractivity contribution in [3.63, 3.8) is 0 Å². The zero-order valence-corrected chi connectivity index (χ0v) is 12.0. The van der Waals surface area contributed by atoms with Gasteiger partial charge < -0.3 is 4.74 Å². The Morgan fingerprint density at radius 1 is 0.850 bits per heavy atom. The van der Waals surface area contributed by atoms with E-state index in [0.29, 0.717) is 5.56 Å². The number of esters is 1. The predicted molar refractivity (Wildman–Crippen MR) is 80.4 cm³/mol.